The van der Waals surface area contributed by atoms with E-state index in [9.17, 15) is 48.7 Å². The summed E-state index contributed by atoms with van der Waals surface area (Å²) in [5.74, 6) is -3.45. The van der Waals surface area contributed by atoms with Gasteiger partial charge in [0.2, 0.25) is 0 Å². The Hall–Kier alpha value is -9.56. The molecule has 23 nitrogen and oxygen atoms in total. The van der Waals surface area contributed by atoms with E-state index in [4.69, 9.17) is 83.9 Å². The van der Waals surface area contributed by atoms with Crippen LogP contribution < -0.4 is 38.9 Å². The quantitative estimate of drug-likeness (QED) is 0.0280. The molecule has 17 N–H and O–H groups in total. The molecule has 10 aromatic rings. The van der Waals surface area contributed by atoms with Crippen molar-refractivity contribution in [2.75, 3.05) is 43.6 Å². The Labute approximate surface area is 717 Å². The Bertz CT molecular complexity index is 5010. The summed E-state index contributed by atoms with van der Waals surface area (Å²) in [4.78, 5) is 65.3. The normalized spacial score (nSPS) is 18.3. The van der Waals surface area contributed by atoms with Gasteiger partial charge in [0.05, 0.1) is 115 Å². The maximum absolute atomic E-state index is 15.3. The van der Waals surface area contributed by atoms with Crippen LogP contribution in [0.15, 0.2) is 170 Å². The van der Waals surface area contributed by atoms with Gasteiger partial charge in [-0.25, -0.2) is 43.1 Å². The molecule has 120 heavy (non-hydrogen) atoms. The van der Waals surface area contributed by atoms with Crippen LogP contribution in [-0.4, -0.2) is 131 Å². The fourth-order valence-corrected chi connectivity index (χ4v) is 16.6. The summed E-state index contributed by atoms with van der Waals surface area (Å²) in [6.45, 7) is 10.1. The fraction of sp³-hybridized carbons (Fsp3) is 0.360. The molecular formula is C89H102Cl4F3N13O10Si. The van der Waals surface area contributed by atoms with Crippen molar-refractivity contribution in [2.24, 2.45) is 5.73 Å². The molecule has 6 unspecified atom stereocenters. The lowest BCUT2D eigenvalue weighted by atomic mass is 9.85. The Balaban J connectivity index is 0.000000178. The van der Waals surface area contributed by atoms with E-state index >= 15 is 4.39 Å². The number of rotatable bonds is 22. The number of nitrogens with zero attached hydrogens (tertiary/aromatic N) is 6. The minimum atomic E-state index is -1.90. The Morgan fingerprint density at radius 1 is 0.458 bits per heavy atom. The van der Waals surface area contributed by atoms with Crippen LogP contribution in [0.5, 0.6) is 0 Å². The smallest absolute Gasteiger partial charge is 0.254 e. The van der Waals surface area contributed by atoms with Gasteiger partial charge in [-0.15, -0.1) is 0 Å². The van der Waals surface area contributed by atoms with E-state index in [1.807, 2.05) is 12.1 Å². The first-order valence-electron chi connectivity index (χ1n) is 39.7. The highest BCUT2D eigenvalue weighted by Gasteiger charge is 2.41. The first-order valence-corrected chi connectivity index (χ1v) is 44.1. The zero-order chi connectivity index (χ0) is 86.7. The molecule has 3 amide bonds. The lowest BCUT2D eigenvalue weighted by Crippen LogP contribution is -2.44. The number of anilines is 3. The molecule has 0 saturated heterocycles. The first kappa shape index (κ1) is 92.7. The number of aliphatic hydroxyl groups excluding tert-OH is 6. The molecule has 3 aliphatic rings. The number of amides is 3. The van der Waals surface area contributed by atoms with Crippen LogP contribution in [0.3, 0.4) is 0 Å². The van der Waals surface area contributed by atoms with Crippen LogP contribution in [0.4, 0.5) is 30.6 Å². The molecular weight excluding hydrogens is 1640 g/mol. The van der Waals surface area contributed by atoms with Gasteiger partial charge in [-0.05, 0) is 183 Å². The van der Waals surface area contributed by atoms with Gasteiger partial charge in [-0.2, -0.15) is 0 Å². The monoisotopic (exact) mass is 1740 g/mol. The van der Waals surface area contributed by atoms with Gasteiger partial charge in [0, 0.05) is 60.6 Å². The van der Waals surface area contributed by atoms with E-state index < -0.39 is 61.6 Å². The van der Waals surface area contributed by atoms with Crippen molar-refractivity contribution < 1.29 is 62.6 Å². The number of carbonyl (C=O) groups excluding carboxylic acids is 3. The number of benzene rings is 7. The minimum absolute atomic E-state index is 0.0552. The molecule has 0 bridgehead atoms. The van der Waals surface area contributed by atoms with Gasteiger partial charge >= 0.3 is 0 Å². The standard InChI is InChI=1S/C31H40ClFN4O3Si.2C25H26ClFN4O3.C8H10ClNO/c1-31(2,3)41(4,5)40-23-11-7-9-20(15-23)26-17-35-29(34)28(36-26)21-12-13-24(25(33)16-21)30(39)37-27(18-38)19-8-6-10-22(32)14-19;2*26-17-5-1-3-14(9-17)22(13-32)31-25(34)19-8-7-16(11-20(19)27)23-24(28)29-12-21(30-23)15-4-2-6-18(33)10-15;9-7-3-1-2-6(4-7)8(10)5-11/h6,8,10,12-14,16-17,20,23,27,38H,7,9,11,15,18H2,1-5H3,(H2,34,35)(H,37,39);2*1,3,5,7-9,11-12,15,18,22,32-33H,2,4,6,10,13H2,(H2,28,29)(H,31,34);1-4,8,11H,5,10H2/t20?,23?,27-;2*15?,18?,22-;8-/m1111/s1. The predicted octanol–water partition coefficient (Wildman–Crippen LogP) is 16.4. The van der Waals surface area contributed by atoms with Gasteiger partial charge in [-0.1, -0.05) is 153 Å². The van der Waals surface area contributed by atoms with Crippen LogP contribution in [0, 0.1) is 17.5 Å². The SMILES string of the molecule is CC(C)(C)[Si](C)(C)OC1CCCC(c2cnc(N)c(-c3ccc(C(=O)N[C@H](CO)c4cccc(Cl)c4)c(F)c3)n2)C1.N[C@H](CO)c1cccc(Cl)c1.Nc1ncc(C2CCCC(O)C2)nc1-c1ccc(C(=O)N[C@H](CO)c2cccc(Cl)c2)c(F)c1.Nc1ncc(C2CCCC(O)C2)nc1-c1ccc(C(=O)N[C@H](CO)c2cccc(Cl)c2)c(F)c1. The molecule has 636 valence electrons. The summed E-state index contributed by atoms with van der Waals surface area (Å²) in [5, 5.41) is 68.0. The van der Waals surface area contributed by atoms with Crippen molar-refractivity contribution in [2.45, 2.75) is 176 Å². The van der Waals surface area contributed by atoms with E-state index in [0.29, 0.717) is 94.8 Å². The molecule has 3 aromatic heterocycles. The second-order valence-electron chi connectivity index (χ2n) is 31.7. The van der Waals surface area contributed by atoms with Crippen molar-refractivity contribution in [3.63, 3.8) is 0 Å². The Morgan fingerprint density at radius 2 is 0.767 bits per heavy atom. The number of halogens is 7. The summed E-state index contributed by atoms with van der Waals surface area (Å²) < 4.78 is 51.9. The average molecular weight is 1740 g/mol. The predicted molar refractivity (Wildman–Crippen MR) is 465 cm³/mol. The van der Waals surface area contributed by atoms with E-state index in [1.54, 1.807) is 122 Å². The molecule has 3 heterocycles. The third-order valence-electron chi connectivity index (χ3n) is 22.1. The number of hydrogen-bond donors (Lipinski definition) is 13. The minimum Gasteiger partial charge on any atom is -0.414 e. The van der Waals surface area contributed by atoms with Crippen molar-refractivity contribution in [3.8, 4) is 33.8 Å². The molecule has 3 saturated carbocycles. The average Bonchev–Trinajstić information content (AvgIpc) is 0.816. The number of aromatic nitrogens is 6. The van der Waals surface area contributed by atoms with Crippen LogP contribution >= 0.6 is 46.4 Å². The summed E-state index contributed by atoms with van der Waals surface area (Å²) >= 11 is 23.7. The summed E-state index contributed by atoms with van der Waals surface area (Å²) in [6.07, 6.45) is 14.6. The van der Waals surface area contributed by atoms with Crippen molar-refractivity contribution >= 4 is 89.9 Å². The molecule has 10 atom stereocenters. The first-order chi connectivity index (χ1) is 57.2. The number of nitrogens with two attached hydrogens (primary N) is 4. The lowest BCUT2D eigenvalue weighted by molar-refractivity contribution is 0.0904. The number of carbonyl (C=O) groups is 3. The highest BCUT2D eigenvalue weighted by Crippen LogP contribution is 2.43. The number of aliphatic hydroxyl groups is 6. The summed E-state index contributed by atoms with van der Waals surface area (Å²) in [5.41, 5.74) is 30.4. The summed E-state index contributed by atoms with van der Waals surface area (Å²) in [6, 6.07) is 37.3. The molecule has 13 rings (SSSR count). The molecule has 3 aliphatic carbocycles. The van der Waals surface area contributed by atoms with E-state index in [0.717, 1.165) is 75.5 Å². The number of nitrogen functional groups attached to an aromatic ring is 3. The van der Waals surface area contributed by atoms with E-state index in [2.05, 4.69) is 74.7 Å². The van der Waals surface area contributed by atoms with Gasteiger partial charge in [-0.3, -0.25) is 14.4 Å². The zero-order valence-corrected chi connectivity index (χ0v) is 71.2. The molecule has 0 aliphatic heterocycles. The highest BCUT2D eigenvalue weighted by atomic mass is 35.5. The topological polar surface area (TPSA) is 399 Å². The molecule has 3 fully saturated rings. The third kappa shape index (κ3) is 24.8. The number of nitrogens with one attached hydrogen (secondary N) is 3. The molecule has 0 radical (unpaired) electrons. The van der Waals surface area contributed by atoms with Crippen molar-refractivity contribution in [1.82, 2.24) is 45.9 Å². The third-order valence-corrected chi connectivity index (χ3v) is 27.5. The van der Waals surface area contributed by atoms with Crippen LogP contribution in [-0.2, 0) is 4.43 Å². The van der Waals surface area contributed by atoms with Crippen LogP contribution in [0.25, 0.3) is 33.8 Å². The maximum Gasteiger partial charge on any atom is 0.254 e. The van der Waals surface area contributed by atoms with Gasteiger partial charge in [0.25, 0.3) is 17.7 Å². The van der Waals surface area contributed by atoms with Crippen molar-refractivity contribution in [1.29, 1.82) is 0 Å². The van der Waals surface area contributed by atoms with Gasteiger partial charge in [0.15, 0.2) is 8.32 Å². The van der Waals surface area contributed by atoms with E-state index in [1.165, 1.54) is 36.4 Å². The molecule has 7 aromatic carbocycles. The van der Waals surface area contributed by atoms with Gasteiger partial charge in [0.1, 0.15) is 52.0 Å². The number of hydrogen-bond acceptors (Lipinski definition) is 20. The second-order valence-corrected chi connectivity index (χ2v) is 38.2. The fourth-order valence-electron chi connectivity index (χ4n) is 14.4. The van der Waals surface area contributed by atoms with Crippen molar-refractivity contribution in [3.05, 3.63) is 264 Å². The second kappa shape index (κ2) is 42.8. The molecule has 0 spiro atoms. The largest absolute Gasteiger partial charge is 0.414 e. The molecule has 31 heteroatoms. The summed E-state index contributed by atoms with van der Waals surface area (Å²) in [7, 11) is -1.90. The van der Waals surface area contributed by atoms with Crippen LogP contribution in [0.2, 0.25) is 38.2 Å². The Kier molecular flexibility index (Phi) is 33.1. The highest BCUT2D eigenvalue weighted by molar-refractivity contribution is 6.74. The Morgan fingerprint density at radius 3 is 1.06 bits per heavy atom. The van der Waals surface area contributed by atoms with Gasteiger partial charge < -0.3 is 74.0 Å². The maximum atomic E-state index is 15.3. The lowest BCUT2D eigenvalue weighted by Gasteiger charge is -2.41. The van der Waals surface area contributed by atoms with E-state index in [-0.39, 0.29) is 108 Å². The zero-order valence-electron chi connectivity index (χ0n) is 67.2. The van der Waals surface area contributed by atoms with Crippen LogP contribution in [0.1, 0.15) is 210 Å².